The summed E-state index contributed by atoms with van der Waals surface area (Å²) < 4.78 is 27.0. The average Bonchev–Trinajstić information content (AvgIpc) is 2.93. The Bertz CT molecular complexity index is 769. The van der Waals surface area contributed by atoms with Crippen LogP contribution in [0.15, 0.2) is 30.7 Å². The average molecular weight is 320 g/mol. The van der Waals surface area contributed by atoms with Gasteiger partial charge in [0.05, 0.1) is 30.2 Å². The molecule has 0 saturated carbocycles. The summed E-state index contributed by atoms with van der Waals surface area (Å²) in [5.41, 5.74) is 2.78. The van der Waals surface area contributed by atoms with Crippen molar-refractivity contribution in [1.82, 2.24) is 18.8 Å². The molecule has 1 fully saturated rings. The summed E-state index contributed by atoms with van der Waals surface area (Å²) in [5, 5.41) is 0. The molecule has 0 aliphatic carbocycles. The summed E-state index contributed by atoms with van der Waals surface area (Å²) in [5.74, 6) is 0.150. The number of pyridine rings is 1. The van der Waals surface area contributed by atoms with Crippen LogP contribution in [0.3, 0.4) is 0 Å². The number of nitrogens with zero attached hydrogens (tertiary/aromatic N) is 4. The standard InChI is InChI=1S/C15H20N4O2S/c1-18-11-16-9-15(18)14-7-3-6-13(17-14)12-5-4-8-19(10-12)22(2,20)21/h3,6-7,9,11-12H,4-5,8,10H2,1-2H3. The topological polar surface area (TPSA) is 68.1 Å². The SMILES string of the molecule is Cn1cncc1-c1cccc(C2CCCN(S(C)(=O)=O)C2)n1. The molecular weight excluding hydrogens is 300 g/mol. The first-order chi connectivity index (χ1) is 10.4. The summed E-state index contributed by atoms with van der Waals surface area (Å²) >= 11 is 0. The molecule has 2 aromatic rings. The Kier molecular flexibility index (Phi) is 4.01. The zero-order valence-electron chi connectivity index (χ0n) is 12.8. The second kappa shape index (κ2) is 5.81. The molecule has 0 aromatic carbocycles. The van der Waals surface area contributed by atoms with Crippen molar-refractivity contribution in [2.24, 2.45) is 7.05 Å². The van der Waals surface area contributed by atoms with E-state index in [4.69, 9.17) is 4.98 Å². The number of rotatable bonds is 3. The molecule has 0 bridgehead atoms. The van der Waals surface area contributed by atoms with Crippen molar-refractivity contribution >= 4 is 10.0 Å². The van der Waals surface area contributed by atoms with E-state index in [1.807, 2.05) is 29.8 Å². The lowest BCUT2D eigenvalue weighted by Gasteiger charge is -2.30. The highest BCUT2D eigenvalue weighted by Gasteiger charge is 2.27. The van der Waals surface area contributed by atoms with Crippen molar-refractivity contribution in [2.45, 2.75) is 18.8 Å². The van der Waals surface area contributed by atoms with E-state index < -0.39 is 10.0 Å². The third-order valence-electron chi connectivity index (χ3n) is 4.12. The molecule has 1 aliphatic heterocycles. The highest BCUT2D eigenvalue weighted by atomic mass is 32.2. The van der Waals surface area contributed by atoms with Crippen LogP contribution >= 0.6 is 0 Å². The number of hydrogen-bond donors (Lipinski definition) is 0. The first-order valence-corrected chi connectivity index (χ1v) is 9.19. The number of sulfonamides is 1. The zero-order valence-corrected chi connectivity index (χ0v) is 13.6. The van der Waals surface area contributed by atoms with Gasteiger partial charge in [-0.2, -0.15) is 0 Å². The molecule has 6 nitrogen and oxygen atoms in total. The third kappa shape index (κ3) is 3.05. The van der Waals surface area contributed by atoms with Crippen molar-refractivity contribution in [3.8, 4) is 11.4 Å². The largest absolute Gasteiger partial charge is 0.332 e. The Labute approximate surface area is 130 Å². The number of aryl methyl sites for hydroxylation is 1. The van der Waals surface area contributed by atoms with E-state index >= 15 is 0 Å². The fourth-order valence-electron chi connectivity index (χ4n) is 2.91. The molecule has 118 valence electrons. The molecule has 1 saturated heterocycles. The summed E-state index contributed by atoms with van der Waals surface area (Å²) in [7, 11) is -1.20. The van der Waals surface area contributed by atoms with Gasteiger partial charge in [-0.05, 0) is 25.0 Å². The Balaban J connectivity index is 1.88. The molecule has 1 aliphatic rings. The third-order valence-corrected chi connectivity index (χ3v) is 5.39. The van der Waals surface area contributed by atoms with Crippen molar-refractivity contribution in [3.63, 3.8) is 0 Å². The molecule has 1 unspecified atom stereocenters. The van der Waals surface area contributed by atoms with E-state index in [9.17, 15) is 8.42 Å². The van der Waals surface area contributed by atoms with Crippen molar-refractivity contribution in [3.05, 3.63) is 36.4 Å². The van der Waals surface area contributed by atoms with Crippen molar-refractivity contribution in [1.29, 1.82) is 0 Å². The molecule has 0 radical (unpaired) electrons. The van der Waals surface area contributed by atoms with Gasteiger partial charge in [0.25, 0.3) is 0 Å². The van der Waals surface area contributed by atoms with E-state index in [2.05, 4.69) is 4.98 Å². The number of piperidine rings is 1. The molecule has 0 N–H and O–H groups in total. The predicted molar refractivity (Wildman–Crippen MR) is 84.8 cm³/mol. The van der Waals surface area contributed by atoms with Crippen molar-refractivity contribution in [2.75, 3.05) is 19.3 Å². The Morgan fingerprint density at radius 2 is 2.14 bits per heavy atom. The highest BCUT2D eigenvalue weighted by molar-refractivity contribution is 7.88. The quantitative estimate of drug-likeness (QED) is 0.862. The van der Waals surface area contributed by atoms with Gasteiger partial charge in [0, 0.05) is 31.7 Å². The van der Waals surface area contributed by atoms with Gasteiger partial charge in [-0.3, -0.25) is 4.98 Å². The van der Waals surface area contributed by atoms with Gasteiger partial charge in [0.2, 0.25) is 10.0 Å². The summed E-state index contributed by atoms with van der Waals surface area (Å²) in [4.78, 5) is 8.85. The van der Waals surface area contributed by atoms with Gasteiger partial charge < -0.3 is 4.57 Å². The first kappa shape index (κ1) is 15.2. The highest BCUT2D eigenvalue weighted by Crippen LogP contribution is 2.28. The predicted octanol–water partition coefficient (Wildman–Crippen LogP) is 1.62. The Morgan fingerprint density at radius 3 is 2.82 bits per heavy atom. The van der Waals surface area contributed by atoms with Crippen molar-refractivity contribution < 1.29 is 8.42 Å². The maximum Gasteiger partial charge on any atom is 0.211 e. The van der Waals surface area contributed by atoms with Gasteiger partial charge in [0.15, 0.2) is 0 Å². The van der Waals surface area contributed by atoms with E-state index in [0.717, 1.165) is 29.9 Å². The van der Waals surface area contributed by atoms with Crippen LogP contribution in [0.25, 0.3) is 11.4 Å². The van der Waals surface area contributed by atoms with Crippen LogP contribution in [-0.2, 0) is 17.1 Å². The number of hydrogen-bond acceptors (Lipinski definition) is 4. The second-order valence-electron chi connectivity index (χ2n) is 5.80. The van der Waals surface area contributed by atoms with Gasteiger partial charge in [-0.25, -0.2) is 17.7 Å². The monoisotopic (exact) mass is 320 g/mol. The summed E-state index contributed by atoms with van der Waals surface area (Å²) in [6.45, 7) is 1.12. The molecule has 2 aromatic heterocycles. The van der Waals surface area contributed by atoms with Gasteiger partial charge in [-0.1, -0.05) is 6.07 Å². The summed E-state index contributed by atoms with van der Waals surface area (Å²) in [6, 6.07) is 5.91. The maximum absolute atomic E-state index is 11.8. The number of imidazole rings is 1. The van der Waals surface area contributed by atoms with Crippen LogP contribution in [0.4, 0.5) is 0 Å². The fourth-order valence-corrected chi connectivity index (χ4v) is 3.82. The Morgan fingerprint density at radius 1 is 1.32 bits per heavy atom. The molecule has 22 heavy (non-hydrogen) atoms. The molecule has 3 rings (SSSR count). The van der Waals surface area contributed by atoms with Crippen LogP contribution in [0.1, 0.15) is 24.5 Å². The van der Waals surface area contributed by atoms with E-state index in [1.165, 1.54) is 6.26 Å². The second-order valence-corrected chi connectivity index (χ2v) is 7.78. The van der Waals surface area contributed by atoms with Crippen LogP contribution in [0.5, 0.6) is 0 Å². The Hall–Kier alpha value is -1.73. The van der Waals surface area contributed by atoms with Gasteiger partial charge in [-0.15, -0.1) is 0 Å². The molecule has 3 heterocycles. The molecule has 0 spiro atoms. The minimum absolute atomic E-state index is 0.150. The van der Waals surface area contributed by atoms with Gasteiger partial charge >= 0.3 is 0 Å². The lowest BCUT2D eigenvalue weighted by molar-refractivity contribution is 0.314. The van der Waals surface area contributed by atoms with E-state index in [-0.39, 0.29) is 5.92 Å². The minimum atomic E-state index is -3.14. The number of aromatic nitrogens is 3. The molecule has 7 heteroatoms. The van der Waals surface area contributed by atoms with E-state index in [0.29, 0.717) is 13.1 Å². The zero-order chi connectivity index (χ0) is 15.7. The van der Waals surface area contributed by atoms with Crippen LogP contribution in [0, 0.1) is 0 Å². The lowest BCUT2D eigenvalue weighted by Crippen LogP contribution is -2.38. The fraction of sp³-hybridized carbons (Fsp3) is 0.467. The minimum Gasteiger partial charge on any atom is -0.332 e. The maximum atomic E-state index is 11.8. The molecular formula is C15H20N4O2S. The van der Waals surface area contributed by atoms with Crippen LogP contribution in [-0.4, -0.2) is 46.6 Å². The van der Waals surface area contributed by atoms with Gasteiger partial charge in [0.1, 0.15) is 0 Å². The van der Waals surface area contributed by atoms with Crippen LogP contribution < -0.4 is 0 Å². The summed E-state index contributed by atoms with van der Waals surface area (Å²) in [6.07, 6.45) is 6.64. The lowest BCUT2D eigenvalue weighted by atomic mass is 9.95. The molecule has 0 amide bonds. The molecule has 1 atom stereocenters. The smallest absolute Gasteiger partial charge is 0.211 e. The normalized spacial score (nSPS) is 20.2. The first-order valence-electron chi connectivity index (χ1n) is 7.34. The van der Waals surface area contributed by atoms with Crippen LogP contribution in [0.2, 0.25) is 0 Å². The van der Waals surface area contributed by atoms with E-state index in [1.54, 1.807) is 16.8 Å².